The Kier molecular flexibility index (Phi) is 11.8. The van der Waals surface area contributed by atoms with Crippen molar-refractivity contribution >= 4 is 17.6 Å². The van der Waals surface area contributed by atoms with Crippen LogP contribution in [0.4, 0.5) is 4.79 Å². The zero-order valence-corrected chi connectivity index (χ0v) is 23.4. The largest absolute Gasteiger partial charge is 0.385 e. The molecule has 204 valence electrons. The van der Waals surface area contributed by atoms with Gasteiger partial charge in [0, 0.05) is 50.3 Å². The Morgan fingerprint density at radius 3 is 2.72 bits per heavy atom. The van der Waals surface area contributed by atoms with Crippen molar-refractivity contribution in [2.75, 3.05) is 40.4 Å². The molecule has 3 atom stereocenters. The number of hydrogen-bond acceptors (Lipinski definition) is 4. The van der Waals surface area contributed by atoms with Crippen LogP contribution in [0.3, 0.4) is 0 Å². The summed E-state index contributed by atoms with van der Waals surface area (Å²) in [5.41, 5.74) is 0.787. The lowest BCUT2D eigenvalue weighted by molar-refractivity contribution is -0.0568. The highest BCUT2D eigenvalue weighted by molar-refractivity contribution is 6.31. The predicted octanol–water partition coefficient (Wildman–Crippen LogP) is 5.63. The van der Waals surface area contributed by atoms with E-state index in [4.69, 9.17) is 16.3 Å². The highest BCUT2D eigenvalue weighted by atomic mass is 35.5. The van der Waals surface area contributed by atoms with E-state index in [0.717, 1.165) is 56.3 Å². The molecular weight excluding hydrogens is 474 g/mol. The third-order valence-electron chi connectivity index (χ3n) is 8.40. The van der Waals surface area contributed by atoms with Gasteiger partial charge in [-0.2, -0.15) is 0 Å². The lowest BCUT2D eigenvalue weighted by Crippen LogP contribution is -2.54. The molecule has 1 saturated carbocycles. The number of amides is 2. The summed E-state index contributed by atoms with van der Waals surface area (Å²) in [5, 5.41) is 19.5. The summed E-state index contributed by atoms with van der Waals surface area (Å²) in [5.74, 6) is 0.660. The molecule has 0 bridgehead atoms. The van der Waals surface area contributed by atoms with Crippen LogP contribution >= 0.6 is 11.6 Å². The Morgan fingerprint density at radius 2 is 2.00 bits per heavy atom. The number of carbonyl (C=O) groups is 1. The Balaban J connectivity index is 1.72. The van der Waals surface area contributed by atoms with Crippen LogP contribution in [0, 0.1) is 18.8 Å². The quantitative estimate of drug-likeness (QED) is 0.311. The molecule has 2 amide bonds. The van der Waals surface area contributed by atoms with Crippen molar-refractivity contribution in [2.45, 2.75) is 89.2 Å². The second kappa shape index (κ2) is 14.6. The van der Waals surface area contributed by atoms with E-state index in [-0.39, 0.29) is 18.0 Å². The molecule has 0 aromatic heterocycles. The highest BCUT2D eigenvalue weighted by Crippen LogP contribution is 2.42. The number of likely N-dealkylation sites (N-methyl/N-ethyl adjacent to an activating group) is 1. The van der Waals surface area contributed by atoms with Crippen molar-refractivity contribution in [3.63, 3.8) is 0 Å². The molecule has 2 fully saturated rings. The van der Waals surface area contributed by atoms with E-state index in [0.29, 0.717) is 30.5 Å². The van der Waals surface area contributed by atoms with Gasteiger partial charge >= 0.3 is 6.03 Å². The second-order valence-corrected chi connectivity index (χ2v) is 11.4. The number of hydrogen-bond donors (Lipinski definition) is 3. The number of carbonyl (C=O) groups excluding carboxylic acids is 1. The third-order valence-corrected chi connectivity index (χ3v) is 8.80. The maximum absolute atomic E-state index is 13.4. The average Bonchev–Trinajstić information content (AvgIpc) is 2.89. The Bertz CT molecular complexity index is 817. The average molecular weight is 522 g/mol. The van der Waals surface area contributed by atoms with Crippen LogP contribution < -0.4 is 10.6 Å². The first kappa shape index (κ1) is 29.2. The summed E-state index contributed by atoms with van der Waals surface area (Å²) in [6.45, 7) is 4.72. The number of halogens is 1. The predicted molar refractivity (Wildman–Crippen MR) is 148 cm³/mol. The van der Waals surface area contributed by atoms with Gasteiger partial charge in [-0.3, -0.25) is 0 Å². The minimum Gasteiger partial charge on any atom is -0.385 e. The number of unbranched alkanes of at least 4 members (excludes halogenated alkanes) is 1. The van der Waals surface area contributed by atoms with Crippen LogP contribution in [0.2, 0.25) is 5.02 Å². The highest BCUT2D eigenvalue weighted by Gasteiger charge is 2.42. The van der Waals surface area contributed by atoms with Crippen LogP contribution in [0.25, 0.3) is 0 Å². The number of urea groups is 1. The third kappa shape index (κ3) is 7.83. The topological polar surface area (TPSA) is 73.8 Å². The molecule has 1 heterocycles. The molecule has 3 N–H and O–H groups in total. The van der Waals surface area contributed by atoms with Crippen LogP contribution in [0.15, 0.2) is 18.2 Å². The number of methoxy groups -OCH3 is 1. The van der Waals surface area contributed by atoms with Gasteiger partial charge in [-0.25, -0.2) is 4.79 Å². The second-order valence-electron chi connectivity index (χ2n) is 11.0. The van der Waals surface area contributed by atoms with E-state index in [1.807, 2.05) is 37.1 Å². The normalized spacial score (nSPS) is 21.7. The lowest BCUT2D eigenvalue weighted by Gasteiger charge is -2.44. The summed E-state index contributed by atoms with van der Waals surface area (Å²) < 4.78 is 5.24. The van der Waals surface area contributed by atoms with Gasteiger partial charge in [-0.15, -0.1) is 0 Å². The summed E-state index contributed by atoms with van der Waals surface area (Å²) in [7, 11) is 3.66. The molecule has 1 aromatic carbocycles. The first-order valence-electron chi connectivity index (χ1n) is 14.1. The number of nitrogens with zero attached hydrogens (tertiary/aromatic N) is 1. The van der Waals surface area contributed by atoms with E-state index in [1.165, 1.54) is 32.1 Å². The fourth-order valence-electron chi connectivity index (χ4n) is 6.36. The monoisotopic (exact) mass is 521 g/mol. The number of rotatable bonds is 12. The number of likely N-dealkylation sites (tertiary alicyclic amines) is 1. The van der Waals surface area contributed by atoms with Gasteiger partial charge in [0.1, 0.15) is 0 Å². The number of aliphatic hydroxyl groups is 1. The minimum atomic E-state index is -1.03. The fraction of sp³-hybridized carbons (Fsp3) is 0.759. The first-order chi connectivity index (χ1) is 17.4. The van der Waals surface area contributed by atoms with Gasteiger partial charge < -0.3 is 25.4 Å². The maximum Gasteiger partial charge on any atom is 0.317 e. The van der Waals surface area contributed by atoms with Crippen LogP contribution in [0.5, 0.6) is 0 Å². The Labute approximate surface area is 223 Å². The molecule has 1 aliphatic heterocycles. The van der Waals surface area contributed by atoms with E-state index < -0.39 is 5.60 Å². The number of piperidine rings is 1. The van der Waals surface area contributed by atoms with Crippen LogP contribution in [-0.4, -0.2) is 62.5 Å². The van der Waals surface area contributed by atoms with E-state index in [1.54, 1.807) is 7.11 Å². The van der Waals surface area contributed by atoms with Crippen molar-refractivity contribution in [3.05, 3.63) is 34.3 Å². The summed E-state index contributed by atoms with van der Waals surface area (Å²) >= 11 is 6.48. The van der Waals surface area contributed by atoms with E-state index >= 15 is 0 Å². The molecule has 2 aliphatic rings. The number of nitrogens with one attached hydrogen (secondary N) is 2. The molecule has 6 nitrogen and oxygen atoms in total. The molecule has 1 aliphatic carbocycles. The van der Waals surface area contributed by atoms with Crippen LogP contribution in [0.1, 0.15) is 81.8 Å². The Morgan fingerprint density at radius 1 is 1.22 bits per heavy atom. The van der Waals surface area contributed by atoms with E-state index in [2.05, 4.69) is 10.6 Å². The smallest absolute Gasteiger partial charge is 0.317 e. The SMILES string of the molecule is CNC[C@H](CC1CCCCC1)NC(=O)N1CCC[C@@H]([C@](O)(CCCCOC)c2cccc(Cl)c2C)C1. The van der Waals surface area contributed by atoms with Gasteiger partial charge in [-0.05, 0) is 75.6 Å². The Hall–Kier alpha value is -1.34. The molecule has 0 unspecified atom stereocenters. The summed E-state index contributed by atoms with van der Waals surface area (Å²) in [6.07, 6.45) is 11.7. The lowest BCUT2D eigenvalue weighted by atomic mass is 9.73. The number of benzene rings is 1. The number of ether oxygens (including phenoxy) is 1. The molecule has 1 saturated heterocycles. The van der Waals surface area contributed by atoms with Crippen molar-refractivity contribution in [1.82, 2.24) is 15.5 Å². The molecule has 36 heavy (non-hydrogen) atoms. The summed E-state index contributed by atoms with van der Waals surface area (Å²) in [6, 6.07) is 5.94. The van der Waals surface area contributed by atoms with Crippen molar-refractivity contribution in [3.8, 4) is 0 Å². The minimum absolute atomic E-state index is 0.000286. The molecular formula is C29H48ClN3O3. The zero-order chi connectivity index (χ0) is 26.0. The zero-order valence-electron chi connectivity index (χ0n) is 22.7. The standard InChI is InChI=1S/C29H48ClN3O3/c1-22-26(14-9-15-27(22)30)29(35,16-7-8-18-36-3)24-13-10-17-33(21-24)28(34)32-25(20-31-2)19-23-11-5-4-6-12-23/h9,14-15,23-25,31,35H,4-8,10-13,16-21H2,1-3H3,(H,32,34)/t24-,25+,29-/m1/s1. The van der Waals surface area contributed by atoms with Crippen LogP contribution in [-0.2, 0) is 10.3 Å². The van der Waals surface area contributed by atoms with E-state index in [9.17, 15) is 9.90 Å². The van der Waals surface area contributed by atoms with Crippen molar-refractivity contribution in [2.24, 2.45) is 11.8 Å². The molecule has 0 radical (unpaired) electrons. The molecule has 0 spiro atoms. The van der Waals surface area contributed by atoms with Gasteiger partial charge in [0.15, 0.2) is 0 Å². The fourth-order valence-corrected chi connectivity index (χ4v) is 6.53. The van der Waals surface area contributed by atoms with Crippen molar-refractivity contribution in [1.29, 1.82) is 0 Å². The van der Waals surface area contributed by atoms with Gasteiger partial charge in [0.05, 0.1) is 5.60 Å². The molecule has 1 aromatic rings. The maximum atomic E-state index is 13.4. The molecule has 7 heteroatoms. The van der Waals surface area contributed by atoms with Gasteiger partial charge in [0.25, 0.3) is 0 Å². The molecule has 3 rings (SSSR count). The van der Waals surface area contributed by atoms with Gasteiger partial charge in [-0.1, -0.05) is 55.8 Å². The first-order valence-corrected chi connectivity index (χ1v) is 14.4. The van der Waals surface area contributed by atoms with Gasteiger partial charge in [0.2, 0.25) is 0 Å². The van der Waals surface area contributed by atoms with Crippen molar-refractivity contribution < 1.29 is 14.6 Å². The summed E-state index contributed by atoms with van der Waals surface area (Å²) in [4.78, 5) is 15.4.